The van der Waals surface area contributed by atoms with Crippen molar-refractivity contribution in [3.05, 3.63) is 52.8 Å². The first-order chi connectivity index (χ1) is 9.83. The van der Waals surface area contributed by atoms with Crippen molar-refractivity contribution >= 4 is 33.0 Å². The molecule has 0 aliphatic carbocycles. The van der Waals surface area contributed by atoms with E-state index in [1.54, 1.807) is 6.07 Å². The van der Waals surface area contributed by atoms with E-state index in [0.29, 0.717) is 0 Å². The fraction of sp³-hybridized carbons (Fsp3) is 0. The molecule has 0 aliphatic heterocycles. The number of halogens is 2. The molecule has 0 atom stereocenters. The molecule has 2 aromatic rings. The van der Waals surface area contributed by atoms with E-state index in [4.69, 9.17) is 22.6 Å². The van der Waals surface area contributed by atoms with Crippen LogP contribution in [0.3, 0.4) is 0 Å². The van der Waals surface area contributed by atoms with Gasteiger partial charge >= 0.3 is 0 Å². The van der Waals surface area contributed by atoms with E-state index in [1.807, 2.05) is 0 Å². The number of sulfonamides is 1. The van der Waals surface area contributed by atoms with Crippen LogP contribution >= 0.6 is 11.6 Å². The second kappa shape index (κ2) is 5.60. The lowest BCUT2D eigenvalue weighted by Crippen LogP contribution is -2.15. The molecule has 3 N–H and O–H groups in total. The molecule has 0 spiro atoms. The first-order valence-electron chi connectivity index (χ1n) is 5.61. The molecule has 0 aromatic heterocycles. The zero-order valence-corrected chi connectivity index (χ0v) is 12.0. The number of hydrogen-bond donors (Lipinski definition) is 2. The maximum Gasteiger partial charge on any atom is 0.263 e. The fourth-order valence-corrected chi connectivity index (χ4v) is 3.01. The fourth-order valence-electron chi connectivity index (χ4n) is 1.64. The van der Waals surface area contributed by atoms with Gasteiger partial charge in [-0.3, -0.25) is 4.72 Å². The highest BCUT2D eigenvalue weighted by Gasteiger charge is 2.20. The molecule has 8 heteroatoms. The summed E-state index contributed by atoms with van der Waals surface area (Å²) in [4.78, 5) is -0.284. The van der Waals surface area contributed by atoms with Crippen molar-refractivity contribution in [3.63, 3.8) is 0 Å². The largest absolute Gasteiger partial charge is 0.399 e. The normalized spacial score (nSPS) is 10.9. The maximum absolute atomic E-state index is 13.6. The number of anilines is 2. The van der Waals surface area contributed by atoms with Crippen LogP contribution in [0.2, 0.25) is 5.02 Å². The second-order valence-electron chi connectivity index (χ2n) is 4.10. The summed E-state index contributed by atoms with van der Waals surface area (Å²) >= 11 is 5.60. The van der Waals surface area contributed by atoms with E-state index < -0.39 is 15.8 Å². The smallest absolute Gasteiger partial charge is 0.263 e. The highest BCUT2D eigenvalue weighted by molar-refractivity contribution is 7.92. The monoisotopic (exact) mass is 325 g/mol. The Morgan fingerprint density at radius 3 is 2.57 bits per heavy atom. The molecule has 0 amide bonds. The molecule has 0 heterocycles. The Hall–Kier alpha value is -2.30. The van der Waals surface area contributed by atoms with Crippen LogP contribution in [-0.4, -0.2) is 8.42 Å². The molecule has 0 saturated carbocycles. The van der Waals surface area contributed by atoms with Crippen LogP contribution < -0.4 is 10.5 Å². The molecule has 0 fully saturated rings. The van der Waals surface area contributed by atoms with E-state index in [0.717, 1.165) is 6.07 Å². The van der Waals surface area contributed by atoms with Crippen LogP contribution in [0.25, 0.3) is 0 Å². The molecule has 0 saturated heterocycles. The van der Waals surface area contributed by atoms with Crippen molar-refractivity contribution in [2.45, 2.75) is 4.90 Å². The van der Waals surface area contributed by atoms with E-state index in [-0.39, 0.29) is 26.9 Å². The van der Waals surface area contributed by atoms with E-state index in [1.165, 1.54) is 30.3 Å². The lowest BCUT2D eigenvalue weighted by atomic mass is 10.2. The molecule has 2 rings (SSSR count). The predicted octanol–water partition coefficient (Wildman–Crippen LogP) is 2.73. The minimum Gasteiger partial charge on any atom is -0.399 e. The number of benzene rings is 2. The van der Waals surface area contributed by atoms with Crippen molar-refractivity contribution in [1.29, 1.82) is 5.26 Å². The van der Waals surface area contributed by atoms with Crippen molar-refractivity contribution in [1.82, 2.24) is 0 Å². The van der Waals surface area contributed by atoms with Gasteiger partial charge < -0.3 is 5.73 Å². The van der Waals surface area contributed by atoms with Gasteiger partial charge in [0.25, 0.3) is 10.0 Å². The topological polar surface area (TPSA) is 96.0 Å². The van der Waals surface area contributed by atoms with Gasteiger partial charge in [0.2, 0.25) is 0 Å². The Labute approximate surface area is 125 Å². The highest BCUT2D eigenvalue weighted by atomic mass is 35.5. The Morgan fingerprint density at radius 2 is 1.95 bits per heavy atom. The van der Waals surface area contributed by atoms with Gasteiger partial charge in [0.1, 0.15) is 16.8 Å². The molecular formula is C13H9ClFN3O2S. The van der Waals surface area contributed by atoms with Gasteiger partial charge in [0, 0.05) is 10.7 Å². The van der Waals surface area contributed by atoms with Crippen molar-refractivity contribution in [2.75, 3.05) is 10.5 Å². The first-order valence-corrected chi connectivity index (χ1v) is 7.47. The Balaban J connectivity index is 2.46. The second-order valence-corrected chi connectivity index (χ2v) is 6.18. The summed E-state index contributed by atoms with van der Waals surface area (Å²) in [5.74, 6) is -0.819. The van der Waals surface area contributed by atoms with Crippen LogP contribution in [0.5, 0.6) is 0 Å². The van der Waals surface area contributed by atoms with Crippen LogP contribution in [0.1, 0.15) is 5.56 Å². The number of nitrogen functional groups attached to an aromatic ring is 1. The zero-order chi connectivity index (χ0) is 15.6. The summed E-state index contributed by atoms with van der Waals surface area (Å²) < 4.78 is 40.2. The quantitative estimate of drug-likeness (QED) is 0.848. The number of nitrogens with two attached hydrogens (primary N) is 1. The maximum atomic E-state index is 13.6. The summed E-state index contributed by atoms with van der Waals surface area (Å²) in [6.07, 6.45) is 0. The molecule has 108 valence electrons. The van der Waals surface area contributed by atoms with Crippen molar-refractivity contribution in [2.24, 2.45) is 0 Å². The van der Waals surface area contributed by atoms with Gasteiger partial charge in [0.15, 0.2) is 0 Å². The van der Waals surface area contributed by atoms with Crippen LogP contribution in [0, 0.1) is 17.1 Å². The number of hydrogen-bond acceptors (Lipinski definition) is 4. The van der Waals surface area contributed by atoms with Crippen LogP contribution in [0.15, 0.2) is 41.3 Å². The summed E-state index contributed by atoms with van der Waals surface area (Å²) in [6, 6.07) is 9.01. The van der Waals surface area contributed by atoms with Crippen molar-refractivity contribution in [3.8, 4) is 6.07 Å². The third-order valence-corrected chi connectivity index (χ3v) is 4.25. The van der Waals surface area contributed by atoms with Crippen molar-refractivity contribution < 1.29 is 12.8 Å². The third kappa shape index (κ3) is 3.24. The average Bonchev–Trinajstić information content (AvgIpc) is 2.41. The molecule has 0 aliphatic rings. The van der Waals surface area contributed by atoms with Gasteiger partial charge in [-0.2, -0.15) is 5.26 Å². The lowest BCUT2D eigenvalue weighted by Gasteiger charge is -2.10. The number of nitrogens with zero attached hydrogens (tertiary/aromatic N) is 1. The first kappa shape index (κ1) is 15.1. The van der Waals surface area contributed by atoms with E-state index >= 15 is 0 Å². The molecule has 0 unspecified atom stereocenters. The predicted molar refractivity (Wildman–Crippen MR) is 77.8 cm³/mol. The molecule has 2 aromatic carbocycles. The Bertz CT molecular complexity index is 847. The van der Waals surface area contributed by atoms with Gasteiger partial charge in [-0.15, -0.1) is 0 Å². The summed E-state index contributed by atoms with van der Waals surface area (Å²) in [5.41, 5.74) is 5.36. The standard InChI is InChI=1S/C13H9ClFN3O2S/c14-9-1-3-12(11(15)6-9)18-21(19,20)13-4-2-10(17)5-8(13)7-16/h1-6,18H,17H2. The van der Waals surface area contributed by atoms with Gasteiger partial charge in [-0.25, -0.2) is 12.8 Å². The van der Waals surface area contributed by atoms with Crippen LogP contribution in [-0.2, 0) is 10.0 Å². The number of nitriles is 1. The molecular weight excluding hydrogens is 317 g/mol. The minimum absolute atomic E-state index is 0.128. The zero-order valence-electron chi connectivity index (χ0n) is 10.5. The average molecular weight is 326 g/mol. The molecule has 0 bridgehead atoms. The van der Waals surface area contributed by atoms with Gasteiger partial charge in [-0.1, -0.05) is 11.6 Å². The number of rotatable bonds is 3. The Morgan fingerprint density at radius 1 is 1.24 bits per heavy atom. The van der Waals surface area contributed by atoms with E-state index in [9.17, 15) is 12.8 Å². The Kier molecular flexibility index (Phi) is 4.02. The molecule has 0 radical (unpaired) electrons. The van der Waals surface area contributed by atoms with Gasteiger partial charge in [0.05, 0.1) is 11.3 Å². The summed E-state index contributed by atoms with van der Waals surface area (Å²) in [6.45, 7) is 0. The molecule has 5 nitrogen and oxygen atoms in total. The SMILES string of the molecule is N#Cc1cc(N)ccc1S(=O)(=O)Nc1ccc(Cl)cc1F. The summed E-state index contributed by atoms with van der Waals surface area (Å²) in [7, 11) is -4.12. The van der Waals surface area contributed by atoms with Crippen LogP contribution in [0.4, 0.5) is 15.8 Å². The lowest BCUT2D eigenvalue weighted by molar-refractivity contribution is 0.598. The highest BCUT2D eigenvalue weighted by Crippen LogP contribution is 2.24. The third-order valence-electron chi connectivity index (χ3n) is 2.59. The minimum atomic E-state index is -4.12. The number of nitrogens with one attached hydrogen (secondary N) is 1. The molecule has 21 heavy (non-hydrogen) atoms. The summed E-state index contributed by atoms with van der Waals surface area (Å²) in [5, 5.41) is 9.11. The van der Waals surface area contributed by atoms with E-state index in [2.05, 4.69) is 4.72 Å². The van der Waals surface area contributed by atoms with Gasteiger partial charge in [-0.05, 0) is 36.4 Å².